The molecule has 5 atom stereocenters. The van der Waals surface area contributed by atoms with Crippen molar-refractivity contribution < 1.29 is 23.6 Å². The van der Waals surface area contributed by atoms with Crippen molar-refractivity contribution >= 4 is 13.1 Å². The van der Waals surface area contributed by atoms with Gasteiger partial charge in [-0.15, -0.1) is 0 Å². The number of carbonyl (C=O) groups is 1. The van der Waals surface area contributed by atoms with E-state index in [1.807, 2.05) is 0 Å². The third-order valence-electron chi connectivity index (χ3n) is 7.02. The molecule has 0 bridgehead atoms. The minimum absolute atomic E-state index is 0.0463. The molecule has 6 heteroatoms. The van der Waals surface area contributed by atoms with E-state index < -0.39 is 5.60 Å². The summed E-state index contributed by atoms with van der Waals surface area (Å²) in [4.78, 5) is 11.8. The Balaban J connectivity index is 1.87. The van der Waals surface area contributed by atoms with Gasteiger partial charge in [0.2, 0.25) is 0 Å². The standard InChI is InChI=1S/C19H29BO5/c1-6-20-24-16-19(25-20)13(11-22-16)10-14(23-12(2)21)15-17(3,4)8-7-9-18(15,19)5/h10,14-16H,6-9,11H2,1-5H3/t14-,15+,16+,18+,19+/m1/s1. The molecule has 1 spiro atoms. The molecule has 3 fully saturated rings. The molecular weight excluding hydrogens is 319 g/mol. The van der Waals surface area contributed by atoms with Gasteiger partial charge < -0.3 is 18.8 Å². The van der Waals surface area contributed by atoms with Crippen LogP contribution in [0.5, 0.6) is 0 Å². The van der Waals surface area contributed by atoms with Gasteiger partial charge in [-0.3, -0.25) is 4.79 Å². The highest BCUT2D eigenvalue weighted by atomic mass is 16.8. The minimum atomic E-state index is -0.549. The Morgan fingerprint density at radius 2 is 2.12 bits per heavy atom. The Bertz CT molecular complexity index is 617. The van der Waals surface area contributed by atoms with Crippen molar-refractivity contribution in [2.75, 3.05) is 6.61 Å². The van der Waals surface area contributed by atoms with E-state index in [1.165, 1.54) is 6.92 Å². The summed E-state index contributed by atoms with van der Waals surface area (Å²) in [6, 6.07) is 0. The highest BCUT2D eigenvalue weighted by Crippen LogP contribution is 2.66. The first-order valence-electron chi connectivity index (χ1n) is 9.58. The lowest BCUT2D eigenvalue weighted by Gasteiger charge is -2.61. The lowest BCUT2D eigenvalue weighted by atomic mass is 9.46. The fourth-order valence-corrected chi connectivity index (χ4v) is 6.20. The highest BCUT2D eigenvalue weighted by Gasteiger charge is 2.73. The molecule has 0 radical (unpaired) electrons. The topological polar surface area (TPSA) is 54.0 Å². The van der Waals surface area contributed by atoms with Crippen LogP contribution in [-0.2, 0) is 23.6 Å². The zero-order valence-corrected chi connectivity index (χ0v) is 16.0. The lowest BCUT2D eigenvalue weighted by Crippen LogP contribution is -2.65. The molecule has 0 amide bonds. The number of hydrogen-bond acceptors (Lipinski definition) is 5. The summed E-state index contributed by atoms with van der Waals surface area (Å²) in [5, 5.41) is 0. The number of carbonyl (C=O) groups excluding carboxylic acids is 1. The summed E-state index contributed by atoms with van der Waals surface area (Å²) in [6.45, 7) is 10.9. The Morgan fingerprint density at radius 1 is 1.36 bits per heavy atom. The van der Waals surface area contributed by atoms with Crippen molar-refractivity contribution in [3.63, 3.8) is 0 Å². The number of hydrogen-bond donors (Lipinski definition) is 0. The SMILES string of the molecule is CCB1O[C@@H]2OCC3=C[C@@H](OC(C)=O)[C@H]4C(C)(C)CCC[C@]4(C)[C@]32O1. The second kappa shape index (κ2) is 5.57. The van der Waals surface area contributed by atoms with Gasteiger partial charge in [-0.05, 0) is 36.2 Å². The third kappa shape index (κ3) is 2.23. The van der Waals surface area contributed by atoms with Crippen molar-refractivity contribution in [1.82, 2.24) is 0 Å². The van der Waals surface area contributed by atoms with Crippen molar-refractivity contribution in [3.8, 4) is 0 Å². The third-order valence-corrected chi connectivity index (χ3v) is 7.02. The van der Waals surface area contributed by atoms with Crippen molar-refractivity contribution in [1.29, 1.82) is 0 Å². The van der Waals surface area contributed by atoms with E-state index in [0.717, 1.165) is 31.2 Å². The summed E-state index contributed by atoms with van der Waals surface area (Å²) in [5.74, 6) is -0.0585. The van der Waals surface area contributed by atoms with Crippen LogP contribution in [0, 0.1) is 16.7 Å². The number of esters is 1. The Kier molecular flexibility index (Phi) is 3.92. The van der Waals surface area contributed by atoms with E-state index in [9.17, 15) is 4.79 Å². The first kappa shape index (κ1) is 17.6. The number of ether oxygens (including phenoxy) is 2. The van der Waals surface area contributed by atoms with Crippen LogP contribution >= 0.6 is 0 Å². The van der Waals surface area contributed by atoms with Crippen LogP contribution in [0.25, 0.3) is 0 Å². The van der Waals surface area contributed by atoms with Crippen molar-refractivity contribution in [3.05, 3.63) is 11.6 Å². The van der Waals surface area contributed by atoms with E-state index in [2.05, 4.69) is 33.8 Å². The maximum Gasteiger partial charge on any atom is 0.459 e. The Labute approximate surface area is 150 Å². The van der Waals surface area contributed by atoms with Crippen molar-refractivity contribution in [2.24, 2.45) is 16.7 Å². The van der Waals surface area contributed by atoms with Gasteiger partial charge in [-0.25, -0.2) is 0 Å². The van der Waals surface area contributed by atoms with Crippen LogP contribution in [-0.4, -0.2) is 37.7 Å². The van der Waals surface area contributed by atoms with Gasteiger partial charge >= 0.3 is 13.1 Å². The predicted octanol–water partition coefficient (Wildman–Crippen LogP) is 3.34. The van der Waals surface area contributed by atoms with Gasteiger partial charge in [0.05, 0.1) is 6.61 Å². The largest absolute Gasteiger partial charge is 0.459 e. The van der Waals surface area contributed by atoms with Crippen molar-refractivity contribution in [2.45, 2.75) is 78.2 Å². The van der Waals surface area contributed by atoms with E-state index in [1.54, 1.807) is 0 Å². The minimum Gasteiger partial charge on any atom is -0.458 e. The van der Waals surface area contributed by atoms with Gasteiger partial charge in [0, 0.05) is 18.3 Å². The van der Waals surface area contributed by atoms with Gasteiger partial charge in [0.15, 0.2) is 6.29 Å². The van der Waals surface area contributed by atoms with Gasteiger partial charge in [-0.2, -0.15) is 0 Å². The van der Waals surface area contributed by atoms with Gasteiger partial charge in [-0.1, -0.05) is 34.1 Å². The van der Waals surface area contributed by atoms with E-state index in [0.29, 0.717) is 6.61 Å². The molecule has 0 unspecified atom stereocenters. The quantitative estimate of drug-likeness (QED) is 0.435. The van der Waals surface area contributed by atoms with Crippen LogP contribution in [0.1, 0.15) is 53.9 Å². The monoisotopic (exact) mass is 348 g/mol. The van der Waals surface area contributed by atoms with E-state index in [-0.39, 0.29) is 42.2 Å². The summed E-state index contributed by atoms with van der Waals surface area (Å²) in [6.07, 6.45) is 5.58. The molecule has 25 heavy (non-hydrogen) atoms. The van der Waals surface area contributed by atoms with Crippen LogP contribution in [0.2, 0.25) is 6.32 Å². The van der Waals surface area contributed by atoms with Crippen LogP contribution in [0.3, 0.4) is 0 Å². The molecule has 138 valence electrons. The first-order chi connectivity index (χ1) is 11.7. The fraction of sp³-hybridized carbons (Fsp3) is 0.842. The van der Waals surface area contributed by atoms with Gasteiger partial charge in [0.25, 0.3) is 0 Å². The molecule has 0 aromatic heterocycles. The second-order valence-corrected chi connectivity index (χ2v) is 8.97. The highest BCUT2D eigenvalue weighted by molar-refractivity contribution is 6.45. The average Bonchev–Trinajstić information content (AvgIpc) is 3.03. The molecule has 0 aromatic carbocycles. The maximum absolute atomic E-state index is 11.8. The van der Waals surface area contributed by atoms with Crippen LogP contribution in [0.4, 0.5) is 0 Å². The summed E-state index contributed by atoms with van der Waals surface area (Å²) >= 11 is 0. The molecule has 4 rings (SSSR count). The normalized spacial score (nSPS) is 44.6. The lowest BCUT2D eigenvalue weighted by molar-refractivity contribution is -0.200. The maximum atomic E-state index is 11.8. The van der Waals surface area contributed by atoms with Gasteiger partial charge in [0.1, 0.15) is 11.7 Å². The zero-order valence-electron chi connectivity index (χ0n) is 16.0. The smallest absolute Gasteiger partial charge is 0.458 e. The molecule has 2 aliphatic carbocycles. The molecular formula is C19H29BO5. The summed E-state index contributed by atoms with van der Waals surface area (Å²) in [7, 11) is -0.235. The molecule has 5 nitrogen and oxygen atoms in total. The molecule has 4 aliphatic rings. The second-order valence-electron chi connectivity index (χ2n) is 8.97. The number of fused-ring (bicyclic) bond motifs is 1. The Morgan fingerprint density at radius 3 is 2.80 bits per heavy atom. The molecule has 1 saturated carbocycles. The molecule has 2 heterocycles. The first-order valence-corrected chi connectivity index (χ1v) is 9.58. The van der Waals surface area contributed by atoms with E-state index in [4.69, 9.17) is 18.8 Å². The molecule has 0 aromatic rings. The molecule has 2 saturated heterocycles. The Hall–Kier alpha value is -0.845. The fourth-order valence-electron chi connectivity index (χ4n) is 6.20. The molecule has 2 aliphatic heterocycles. The average molecular weight is 348 g/mol. The van der Waals surface area contributed by atoms with Crippen LogP contribution < -0.4 is 0 Å². The zero-order chi connectivity index (χ0) is 18.0. The number of rotatable bonds is 2. The van der Waals surface area contributed by atoms with Crippen LogP contribution in [0.15, 0.2) is 11.6 Å². The summed E-state index contributed by atoms with van der Waals surface area (Å²) in [5.41, 5.74) is 0.401. The van der Waals surface area contributed by atoms with E-state index >= 15 is 0 Å². The predicted molar refractivity (Wildman–Crippen MR) is 93.7 cm³/mol. The summed E-state index contributed by atoms with van der Waals surface area (Å²) < 4.78 is 24.5. The molecule has 0 N–H and O–H groups in total.